The van der Waals surface area contributed by atoms with Gasteiger partial charge in [-0.25, -0.2) is 0 Å². The number of hydrogen-bond donors (Lipinski definition) is 0. The van der Waals surface area contributed by atoms with Crippen LogP contribution in [0, 0.1) is 126 Å². The van der Waals surface area contributed by atoms with Crippen molar-refractivity contribution in [1.29, 1.82) is 0 Å². The van der Waals surface area contributed by atoms with Gasteiger partial charge in [-0.2, -0.15) is 0 Å². The smallest absolute Gasteiger partial charge is 0.0918 e. The van der Waals surface area contributed by atoms with Crippen LogP contribution in [0.2, 0.25) is 0 Å². The Balaban J connectivity index is 0. The van der Waals surface area contributed by atoms with E-state index < -0.39 is 0 Å². The van der Waals surface area contributed by atoms with Crippen LogP contribution in [0.3, 0.4) is 0 Å². The van der Waals surface area contributed by atoms with Gasteiger partial charge in [0.2, 0.25) is 0 Å². The molecule has 2 heterocycles. The van der Waals surface area contributed by atoms with Crippen molar-refractivity contribution in [2.45, 2.75) is 105 Å². The van der Waals surface area contributed by atoms with Gasteiger partial charge in [0.15, 0.2) is 0 Å². The Morgan fingerprint density at radius 1 is 0.550 bits per heavy atom. The van der Waals surface area contributed by atoms with Gasteiger partial charge < -0.3 is 0 Å². The van der Waals surface area contributed by atoms with Gasteiger partial charge >= 0.3 is 36.5 Å². The molecule has 2 saturated carbocycles. The SMILES string of the molecule is CC(C)[C@@H]1C[C@@H](C(C)C)P1[C]1[CH][CH][CH][CH]1.CC(C)[C@@H]1C[C@@H](C(C)C)P1[C]1[CH][CH][CH][CH]1.[CH2][C]([CH2])C.[CH2][C]([CH2])C.[Fe+2].[Ru+2]. The van der Waals surface area contributed by atoms with Crippen LogP contribution in [0.15, 0.2) is 0 Å². The van der Waals surface area contributed by atoms with E-state index in [1.165, 1.54) is 12.8 Å². The predicted molar refractivity (Wildman–Crippen MR) is 178 cm³/mol. The molecule has 0 N–H and O–H groups in total. The fourth-order valence-electron chi connectivity index (χ4n) is 5.38. The van der Waals surface area contributed by atoms with Crippen molar-refractivity contribution in [3.63, 3.8) is 0 Å². The second kappa shape index (κ2) is 22.5. The molecule has 4 atom stereocenters. The molecule has 0 unspecified atom stereocenters. The Morgan fingerprint density at radius 2 is 0.725 bits per heavy atom. The Kier molecular flexibility index (Phi) is 24.8. The third-order valence-electron chi connectivity index (χ3n) is 7.36. The van der Waals surface area contributed by atoms with Crippen molar-refractivity contribution in [1.82, 2.24) is 0 Å². The van der Waals surface area contributed by atoms with E-state index in [4.69, 9.17) is 0 Å². The van der Waals surface area contributed by atoms with Gasteiger partial charge in [-0.15, -0.1) is 0 Å². The largest absolute Gasteiger partial charge is 2.00 e. The summed E-state index contributed by atoms with van der Waals surface area (Å²) in [6, 6.07) is 0. The molecule has 4 heteroatoms. The number of rotatable bonds is 6. The van der Waals surface area contributed by atoms with E-state index in [1.54, 1.807) is 11.3 Å². The second-order valence-corrected chi connectivity index (χ2v) is 18.0. The average Bonchev–Trinajstić information content (AvgIpc) is 3.39. The van der Waals surface area contributed by atoms with Gasteiger partial charge in [-0.1, -0.05) is 85.1 Å². The summed E-state index contributed by atoms with van der Waals surface area (Å²) in [4.78, 5) is 0. The summed E-state index contributed by atoms with van der Waals surface area (Å²) < 4.78 is 0. The van der Waals surface area contributed by atoms with Gasteiger partial charge in [-0.3, -0.25) is 0 Å². The molecule has 2 saturated heterocycles. The second-order valence-electron chi connectivity index (χ2n) is 12.7. The van der Waals surface area contributed by atoms with Gasteiger partial charge in [0, 0.05) is 11.3 Å². The molecule has 16 radical (unpaired) electrons. The first kappa shape index (κ1) is 44.1. The van der Waals surface area contributed by atoms with E-state index in [1.807, 2.05) is 13.8 Å². The zero-order valence-electron chi connectivity index (χ0n) is 27.1. The topological polar surface area (TPSA) is 0 Å². The Bertz CT molecular complexity index is 503. The van der Waals surface area contributed by atoms with Gasteiger partial charge in [0.1, 0.15) is 0 Å². The molecule has 0 amide bonds. The molecule has 0 aromatic carbocycles. The van der Waals surface area contributed by atoms with E-state index in [0.717, 1.165) is 58.1 Å². The van der Waals surface area contributed by atoms with Crippen molar-refractivity contribution in [2.75, 3.05) is 0 Å². The van der Waals surface area contributed by atoms with E-state index in [0.29, 0.717) is 0 Å². The standard InChI is InChI=1S/2C14H22P.2C4H7.Fe.Ru/c2*1-10(2)13-9-14(11(3)4)15(13)12-7-5-6-8-12;2*1-4(2)3;;/h2*5-8,10-11,13-14H,9H2,1-4H3;2*1-2H2,3H3;;/q;;;;2*+2/t2*13-,14-;;;;/m00..../s1. The van der Waals surface area contributed by atoms with Crippen LogP contribution in [0.5, 0.6) is 0 Å². The molecule has 0 bridgehead atoms. The predicted octanol–water partition coefficient (Wildman–Crippen LogP) is 11.1. The first-order chi connectivity index (χ1) is 17.7. The zero-order valence-corrected chi connectivity index (χ0v) is 31.7. The van der Waals surface area contributed by atoms with E-state index in [9.17, 15) is 0 Å². The van der Waals surface area contributed by atoms with Gasteiger partial charge in [0.05, 0.1) is 0 Å². The maximum atomic E-state index is 3.44. The van der Waals surface area contributed by atoms with Crippen LogP contribution in [-0.4, -0.2) is 22.6 Å². The molecule has 224 valence electrons. The summed E-state index contributed by atoms with van der Waals surface area (Å²) in [7, 11) is 0.277. The summed E-state index contributed by atoms with van der Waals surface area (Å²) in [5.74, 6) is 5.28. The quantitative estimate of drug-likeness (QED) is 0.190. The normalized spacial score (nSPS) is 27.3. The number of hydrogen-bond acceptors (Lipinski definition) is 0. The molecule has 0 aromatic rings. The van der Waals surface area contributed by atoms with Crippen molar-refractivity contribution in [2.24, 2.45) is 23.7 Å². The van der Waals surface area contributed by atoms with Crippen LogP contribution in [0.25, 0.3) is 0 Å². The van der Waals surface area contributed by atoms with Crippen molar-refractivity contribution >= 4 is 15.8 Å². The average molecular weight is 710 g/mol. The van der Waals surface area contributed by atoms with Crippen LogP contribution < -0.4 is 0 Å². The monoisotopic (exact) mass is 710 g/mol. The van der Waals surface area contributed by atoms with Crippen molar-refractivity contribution in [3.05, 3.63) is 102 Å². The summed E-state index contributed by atoms with van der Waals surface area (Å²) in [6.45, 7) is 36.6. The van der Waals surface area contributed by atoms with Crippen LogP contribution in [-0.2, 0) is 36.5 Å². The van der Waals surface area contributed by atoms with Crippen LogP contribution in [0.1, 0.15) is 82.1 Å². The molecule has 2 aliphatic carbocycles. The van der Waals surface area contributed by atoms with E-state index in [-0.39, 0.29) is 52.4 Å². The molecular formula is C36H58FeP2Ru+4. The first-order valence-electron chi connectivity index (χ1n) is 14.6. The minimum Gasteiger partial charge on any atom is -0.0918 e. The minimum atomic E-state index is 0. The van der Waals surface area contributed by atoms with Gasteiger partial charge in [-0.05, 0) is 150 Å². The summed E-state index contributed by atoms with van der Waals surface area (Å²) in [5, 5.41) is 0. The summed E-state index contributed by atoms with van der Waals surface area (Å²) in [6.07, 6.45) is 21.1. The van der Waals surface area contributed by atoms with Crippen LogP contribution >= 0.6 is 15.8 Å². The fraction of sp³-hybridized carbons (Fsp3) is 0.556. The molecule has 40 heavy (non-hydrogen) atoms. The fourth-order valence-corrected chi connectivity index (χ4v) is 12.5. The van der Waals surface area contributed by atoms with Crippen LogP contribution in [0.4, 0.5) is 0 Å². The van der Waals surface area contributed by atoms with E-state index >= 15 is 0 Å². The van der Waals surface area contributed by atoms with E-state index in [2.05, 4.69) is 134 Å². The molecule has 4 rings (SSSR count). The summed E-state index contributed by atoms with van der Waals surface area (Å²) in [5.41, 5.74) is 7.22. The van der Waals surface area contributed by atoms with Crippen molar-refractivity contribution < 1.29 is 36.5 Å². The first-order valence-corrected chi connectivity index (χ1v) is 17.6. The zero-order chi connectivity index (χ0) is 29.2. The summed E-state index contributed by atoms with van der Waals surface area (Å²) >= 11 is 0. The molecule has 2 aliphatic heterocycles. The molecule has 0 aromatic heterocycles. The molecule has 0 spiro atoms. The molecule has 4 fully saturated rings. The Labute approximate surface area is 281 Å². The van der Waals surface area contributed by atoms with Crippen molar-refractivity contribution in [3.8, 4) is 0 Å². The van der Waals surface area contributed by atoms with Gasteiger partial charge in [0.25, 0.3) is 0 Å². The maximum Gasteiger partial charge on any atom is 2.00 e. The Morgan fingerprint density at radius 3 is 0.875 bits per heavy atom. The third kappa shape index (κ3) is 14.9. The molecular weight excluding hydrogens is 651 g/mol. The molecule has 4 aliphatic rings. The Hall–Kier alpha value is 2.00. The minimum absolute atomic E-state index is 0. The molecule has 0 nitrogen and oxygen atoms in total. The maximum absolute atomic E-state index is 3.44. The third-order valence-corrected chi connectivity index (χ3v) is 15.2.